The molecular weight excluding hydrogens is 336 g/mol. The van der Waals surface area contributed by atoms with Gasteiger partial charge in [0.2, 0.25) is 11.8 Å². The smallest absolute Gasteiger partial charge is 0.243 e. The fraction of sp³-hybridized carbons (Fsp3) is 0.391. The van der Waals surface area contributed by atoms with Crippen molar-refractivity contribution >= 4 is 11.8 Å². The zero-order chi connectivity index (χ0) is 19.6. The molecule has 0 aromatic heterocycles. The summed E-state index contributed by atoms with van der Waals surface area (Å²) < 4.78 is 0. The molecule has 0 aliphatic heterocycles. The number of benzene rings is 2. The molecule has 27 heavy (non-hydrogen) atoms. The average Bonchev–Trinajstić information content (AvgIpc) is 2.67. The zero-order valence-corrected chi connectivity index (χ0v) is 16.6. The van der Waals surface area contributed by atoms with Gasteiger partial charge in [-0.15, -0.1) is 0 Å². The lowest BCUT2D eigenvalue weighted by molar-refractivity contribution is -0.141. The van der Waals surface area contributed by atoms with Crippen molar-refractivity contribution in [2.24, 2.45) is 0 Å². The van der Waals surface area contributed by atoms with Crippen LogP contribution in [0.3, 0.4) is 0 Å². The lowest BCUT2D eigenvalue weighted by atomic mass is 10.0. The number of nitrogens with zero attached hydrogens (tertiary/aromatic N) is 1. The predicted molar refractivity (Wildman–Crippen MR) is 109 cm³/mol. The molecule has 2 rings (SSSR count). The van der Waals surface area contributed by atoms with Crippen LogP contribution in [0.4, 0.5) is 0 Å². The van der Waals surface area contributed by atoms with Crippen LogP contribution in [0, 0.1) is 6.92 Å². The lowest BCUT2D eigenvalue weighted by Crippen LogP contribution is -2.50. The van der Waals surface area contributed by atoms with Gasteiger partial charge in [-0.2, -0.15) is 0 Å². The number of aryl methyl sites for hydroxylation is 1. The zero-order valence-electron chi connectivity index (χ0n) is 16.6. The van der Waals surface area contributed by atoms with Crippen LogP contribution in [0.1, 0.15) is 43.4 Å². The van der Waals surface area contributed by atoms with E-state index in [2.05, 4.69) is 5.32 Å². The Morgan fingerprint density at radius 2 is 1.67 bits per heavy atom. The van der Waals surface area contributed by atoms with E-state index in [0.29, 0.717) is 25.9 Å². The van der Waals surface area contributed by atoms with Crippen LogP contribution < -0.4 is 5.32 Å². The van der Waals surface area contributed by atoms with Gasteiger partial charge in [0, 0.05) is 25.9 Å². The molecule has 1 atom stereocenters. The van der Waals surface area contributed by atoms with Crippen LogP contribution >= 0.6 is 0 Å². The number of rotatable bonds is 9. The molecule has 144 valence electrons. The van der Waals surface area contributed by atoms with Crippen molar-refractivity contribution in [2.75, 3.05) is 6.54 Å². The molecule has 0 aliphatic carbocycles. The molecule has 2 aromatic rings. The molecule has 0 unspecified atom stereocenters. The monoisotopic (exact) mass is 366 g/mol. The van der Waals surface area contributed by atoms with Crippen molar-refractivity contribution in [2.45, 2.75) is 52.6 Å². The van der Waals surface area contributed by atoms with Crippen LogP contribution in [0.25, 0.3) is 0 Å². The minimum absolute atomic E-state index is 0.0212. The second-order valence-corrected chi connectivity index (χ2v) is 6.80. The van der Waals surface area contributed by atoms with Gasteiger partial charge in [-0.3, -0.25) is 9.59 Å². The Morgan fingerprint density at radius 3 is 2.30 bits per heavy atom. The third-order valence-electron chi connectivity index (χ3n) is 4.69. The average molecular weight is 367 g/mol. The van der Waals surface area contributed by atoms with E-state index >= 15 is 0 Å². The number of carbonyl (C=O) groups excluding carboxylic acids is 2. The maximum Gasteiger partial charge on any atom is 0.243 e. The van der Waals surface area contributed by atoms with Crippen LogP contribution in [0.5, 0.6) is 0 Å². The van der Waals surface area contributed by atoms with Crippen molar-refractivity contribution in [3.63, 3.8) is 0 Å². The standard InChI is InChI=1S/C23H30N2O2/c1-4-11-22(26)25(17-20-15-10-9-12-18(20)3)21(23(27)24-5-2)16-19-13-7-6-8-14-19/h6-10,12-15,21H,4-5,11,16-17H2,1-3H3,(H,24,27)/t21-/m0/s1. The van der Waals surface area contributed by atoms with E-state index in [1.54, 1.807) is 4.90 Å². The topological polar surface area (TPSA) is 49.4 Å². The van der Waals surface area contributed by atoms with Gasteiger partial charge in [-0.05, 0) is 37.0 Å². The highest BCUT2D eigenvalue weighted by molar-refractivity contribution is 5.88. The Labute approximate surface area is 162 Å². The first-order valence-corrected chi connectivity index (χ1v) is 9.72. The highest BCUT2D eigenvalue weighted by atomic mass is 16.2. The summed E-state index contributed by atoms with van der Waals surface area (Å²) in [4.78, 5) is 27.6. The first kappa shape index (κ1) is 20.7. The Balaban J connectivity index is 2.36. The fourth-order valence-electron chi connectivity index (χ4n) is 3.17. The maximum absolute atomic E-state index is 12.9. The number of hydrogen-bond acceptors (Lipinski definition) is 2. The maximum atomic E-state index is 12.9. The SMILES string of the molecule is CCCC(=O)N(Cc1ccccc1C)[C@@H](Cc1ccccc1)C(=O)NCC. The van der Waals surface area contributed by atoms with Crippen molar-refractivity contribution in [3.05, 3.63) is 71.3 Å². The first-order valence-electron chi connectivity index (χ1n) is 9.72. The quantitative estimate of drug-likeness (QED) is 0.732. The molecule has 0 bridgehead atoms. The molecule has 0 saturated carbocycles. The Kier molecular flexibility index (Phi) is 8.05. The molecule has 0 aliphatic rings. The molecule has 2 aromatic carbocycles. The number of hydrogen-bond donors (Lipinski definition) is 1. The van der Waals surface area contributed by atoms with Gasteiger partial charge in [-0.25, -0.2) is 0 Å². The fourth-order valence-corrected chi connectivity index (χ4v) is 3.17. The summed E-state index contributed by atoms with van der Waals surface area (Å²) in [6.07, 6.45) is 1.71. The second-order valence-electron chi connectivity index (χ2n) is 6.80. The van der Waals surface area contributed by atoms with E-state index in [-0.39, 0.29) is 11.8 Å². The summed E-state index contributed by atoms with van der Waals surface area (Å²) in [5, 5.41) is 2.91. The van der Waals surface area contributed by atoms with Crippen LogP contribution in [-0.4, -0.2) is 29.3 Å². The second kappa shape index (κ2) is 10.5. The minimum Gasteiger partial charge on any atom is -0.355 e. The molecule has 0 radical (unpaired) electrons. The molecule has 0 fully saturated rings. The molecular formula is C23H30N2O2. The summed E-state index contributed by atoms with van der Waals surface area (Å²) in [6, 6.07) is 17.4. The molecule has 4 nitrogen and oxygen atoms in total. The van der Waals surface area contributed by atoms with Gasteiger partial charge < -0.3 is 10.2 Å². The minimum atomic E-state index is -0.522. The summed E-state index contributed by atoms with van der Waals surface area (Å²) >= 11 is 0. The molecule has 2 amide bonds. The molecule has 0 spiro atoms. The van der Waals surface area contributed by atoms with E-state index in [0.717, 1.165) is 23.1 Å². The van der Waals surface area contributed by atoms with E-state index in [1.807, 2.05) is 75.4 Å². The van der Waals surface area contributed by atoms with Crippen molar-refractivity contribution in [1.82, 2.24) is 10.2 Å². The third kappa shape index (κ3) is 5.95. The van der Waals surface area contributed by atoms with Crippen LogP contribution in [0.15, 0.2) is 54.6 Å². The van der Waals surface area contributed by atoms with E-state index in [4.69, 9.17) is 0 Å². The molecule has 0 heterocycles. The Morgan fingerprint density at radius 1 is 1.00 bits per heavy atom. The summed E-state index contributed by atoms with van der Waals surface area (Å²) in [5.74, 6) is -0.0765. The summed E-state index contributed by atoms with van der Waals surface area (Å²) in [7, 11) is 0. The molecule has 4 heteroatoms. The van der Waals surface area contributed by atoms with Gasteiger partial charge in [-0.1, -0.05) is 61.5 Å². The Bertz CT molecular complexity index is 743. The normalized spacial score (nSPS) is 11.7. The third-order valence-corrected chi connectivity index (χ3v) is 4.69. The van der Waals surface area contributed by atoms with Crippen LogP contribution in [-0.2, 0) is 22.6 Å². The van der Waals surface area contributed by atoms with E-state index in [9.17, 15) is 9.59 Å². The first-order chi connectivity index (χ1) is 13.1. The van der Waals surface area contributed by atoms with Gasteiger partial charge in [0.15, 0.2) is 0 Å². The van der Waals surface area contributed by atoms with Gasteiger partial charge in [0.05, 0.1) is 0 Å². The van der Waals surface area contributed by atoms with E-state index in [1.165, 1.54) is 0 Å². The summed E-state index contributed by atoms with van der Waals surface area (Å²) in [6.45, 7) is 6.92. The van der Waals surface area contributed by atoms with Crippen LogP contribution in [0.2, 0.25) is 0 Å². The lowest BCUT2D eigenvalue weighted by Gasteiger charge is -2.32. The van der Waals surface area contributed by atoms with Crippen molar-refractivity contribution in [1.29, 1.82) is 0 Å². The summed E-state index contributed by atoms with van der Waals surface area (Å²) in [5.41, 5.74) is 3.25. The highest BCUT2D eigenvalue weighted by Gasteiger charge is 2.29. The number of nitrogens with one attached hydrogen (secondary N) is 1. The number of likely N-dealkylation sites (N-methyl/N-ethyl adjacent to an activating group) is 1. The van der Waals surface area contributed by atoms with E-state index < -0.39 is 6.04 Å². The number of amides is 2. The predicted octanol–water partition coefficient (Wildman–Crippen LogP) is 3.87. The number of carbonyl (C=O) groups is 2. The van der Waals surface area contributed by atoms with Crippen molar-refractivity contribution in [3.8, 4) is 0 Å². The highest BCUT2D eigenvalue weighted by Crippen LogP contribution is 2.18. The molecule has 1 N–H and O–H groups in total. The largest absolute Gasteiger partial charge is 0.355 e. The molecule has 0 saturated heterocycles. The van der Waals surface area contributed by atoms with Gasteiger partial charge >= 0.3 is 0 Å². The Hall–Kier alpha value is -2.62. The van der Waals surface area contributed by atoms with Gasteiger partial charge in [0.1, 0.15) is 6.04 Å². The van der Waals surface area contributed by atoms with Gasteiger partial charge in [0.25, 0.3) is 0 Å². The van der Waals surface area contributed by atoms with Crippen molar-refractivity contribution < 1.29 is 9.59 Å².